The first kappa shape index (κ1) is 19.8. The van der Waals surface area contributed by atoms with Crippen LogP contribution in [0.1, 0.15) is 0 Å². The highest BCUT2D eigenvalue weighted by Gasteiger charge is 2.19. The summed E-state index contributed by atoms with van der Waals surface area (Å²) in [5, 5.41) is 1.14. The maximum Gasteiger partial charge on any atom is 0.159 e. The van der Waals surface area contributed by atoms with Crippen molar-refractivity contribution in [2.75, 3.05) is 13.7 Å². The van der Waals surface area contributed by atoms with E-state index in [9.17, 15) is 0 Å². The highest BCUT2D eigenvalue weighted by Crippen LogP contribution is 2.35. The number of nitrogens with zero attached hydrogens (tertiary/aromatic N) is 5. The molecule has 0 spiro atoms. The van der Waals surface area contributed by atoms with Gasteiger partial charge in [-0.2, -0.15) is 0 Å². The fraction of sp³-hybridized carbons (Fsp3) is 0.304. The third-order valence-electron chi connectivity index (χ3n) is 5.73. The van der Waals surface area contributed by atoms with Gasteiger partial charge >= 0.3 is 0 Å². The molecule has 0 unspecified atom stereocenters. The molecule has 0 aliphatic rings. The van der Waals surface area contributed by atoms with Gasteiger partial charge in [-0.15, -0.1) is 0 Å². The summed E-state index contributed by atoms with van der Waals surface area (Å²) in [5.41, 5.74) is 6.23. The molecule has 5 aromatic rings. The average molecular weight is 433 g/mol. The largest absolute Gasteiger partial charge is 0.497 e. The van der Waals surface area contributed by atoms with Crippen LogP contribution in [0.5, 0.6) is 5.75 Å². The molecule has 8 heteroatoms. The van der Waals surface area contributed by atoms with Gasteiger partial charge in [-0.05, 0) is 30.3 Å². The Labute approximate surface area is 182 Å². The van der Waals surface area contributed by atoms with E-state index in [0.717, 1.165) is 57.2 Å². The maximum atomic E-state index is 6.11. The van der Waals surface area contributed by atoms with E-state index >= 15 is 0 Å². The predicted octanol–water partition coefficient (Wildman–Crippen LogP) is 4.58. The summed E-state index contributed by atoms with van der Waals surface area (Å²) >= 11 is 0. The molecule has 0 N–H and O–H groups in total. The Balaban J connectivity index is 1.70. The number of imidazole rings is 1. The highest BCUT2D eigenvalue weighted by atomic mass is 28.3. The van der Waals surface area contributed by atoms with Crippen LogP contribution in [-0.2, 0) is 18.5 Å². The normalized spacial score (nSPS) is 12.0. The van der Waals surface area contributed by atoms with Crippen molar-refractivity contribution in [3.63, 3.8) is 0 Å². The number of rotatable bonds is 7. The van der Waals surface area contributed by atoms with E-state index in [1.54, 1.807) is 7.11 Å². The number of methoxy groups -OCH3 is 1. The van der Waals surface area contributed by atoms with Crippen LogP contribution >= 0.6 is 0 Å². The van der Waals surface area contributed by atoms with Gasteiger partial charge in [0.15, 0.2) is 5.65 Å². The first-order chi connectivity index (χ1) is 15.1. The Morgan fingerprint density at radius 1 is 1.10 bits per heavy atom. The van der Waals surface area contributed by atoms with Crippen LogP contribution in [0.25, 0.3) is 38.8 Å². The molecular weight excluding hydrogens is 406 g/mol. The van der Waals surface area contributed by atoms with Gasteiger partial charge in [0.2, 0.25) is 0 Å². The Bertz CT molecular complexity index is 1380. The minimum Gasteiger partial charge on any atom is -0.497 e. The zero-order valence-corrected chi connectivity index (χ0v) is 19.3. The maximum absolute atomic E-state index is 6.11. The van der Waals surface area contributed by atoms with Crippen LogP contribution in [0.15, 0.2) is 49.2 Å². The molecule has 0 saturated heterocycles. The van der Waals surface area contributed by atoms with Crippen LogP contribution in [-0.4, -0.2) is 46.0 Å². The second-order valence-corrected chi connectivity index (χ2v) is 11.1. The zero-order chi connectivity index (χ0) is 21.5. The summed E-state index contributed by atoms with van der Waals surface area (Å²) < 4.78 is 18.0. The molecule has 1 radical (unpaired) electrons. The van der Waals surface area contributed by atoms with E-state index < -0.39 is 0 Å². The molecule has 0 aliphatic carbocycles. The van der Waals surface area contributed by atoms with Crippen molar-refractivity contribution < 1.29 is 9.47 Å². The number of benzene rings is 1. The second-order valence-electron chi connectivity index (χ2n) is 8.14. The van der Waals surface area contributed by atoms with Crippen molar-refractivity contribution >= 4 is 36.4 Å². The lowest BCUT2D eigenvalue weighted by atomic mass is 10.1. The first-order valence-electron chi connectivity index (χ1n) is 10.4. The van der Waals surface area contributed by atoms with Gasteiger partial charge in [0.05, 0.1) is 42.6 Å². The molecule has 5 rings (SSSR count). The summed E-state index contributed by atoms with van der Waals surface area (Å²) in [5.74, 6) is 0.842. The van der Waals surface area contributed by atoms with Crippen molar-refractivity contribution in [3.05, 3.63) is 49.2 Å². The van der Waals surface area contributed by atoms with Crippen molar-refractivity contribution in [2.45, 2.75) is 25.9 Å². The van der Waals surface area contributed by atoms with Crippen molar-refractivity contribution in [2.24, 2.45) is 7.05 Å². The van der Waals surface area contributed by atoms with Crippen LogP contribution in [0, 0.1) is 0 Å². The molecule has 31 heavy (non-hydrogen) atoms. The fourth-order valence-electron chi connectivity index (χ4n) is 4.06. The number of hydrogen-bond acceptors (Lipinski definition) is 4. The Hall–Kier alpha value is -3.10. The molecule has 0 atom stereocenters. The van der Waals surface area contributed by atoms with E-state index in [0.29, 0.717) is 6.73 Å². The molecule has 4 aromatic heterocycles. The molecule has 7 nitrogen and oxygen atoms in total. The predicted molar refractivity (Wildman–Crippen MR) is 125 cm³/mol. The van der Waals surface area contributed by atoms with Gasteiger partial charge in [0.1, 0.15) is 12.5 Å². The molecule has 159 valence electrons. The molecule has 0 aliphatic heterocycles. The SMILES string of the molecule is COc1ccc2c(c1)c(-c1cc3c(ncc4cncn43)n1COCC[Si](C)C)cn2C. The van der Waals surface area contributed by atoms with Gasteiger partial charge in [-0.3, -0.25) is 8.97 Å². The summed E-state index contributed by atoms with van der Waals surface area (Å²) in [6, 6.07) is 9.50. The monoisotopic (exact) mass is 432 g/mol. The molecule has 4 heterocycles. The fourth-order valence-corrected chi connectivity index (χ4v) is 4.61. The second kappa shape index (κ2) is 7.86. The summed E-state index contributed by atoms with van der Waals surface area (Å²) in [7, 11) is 3.46. The minimum atomic E-state index is -0.312. The molecule has 1 aromatic carbocycles. The van der Waals surface area contributed by atoms with E-state index in [1.165, 1.54) is 0 Å². The van der Waals surface area contributed by atoms with Crippen molar-refractivity contribution in [1.82, 2.24) is 23.5 Å². The van der Waals surface area contributed by atoms with Crippen LogP contribution in [0.2, 0.25) is 19.1 Å². The lowest BCUT2D eigenvalue weighted by molar-refractivity contribution is 0.0913. The summed E-state index contributed by atoms with van der Waals surface area (Å²) in [6.07, 6.45) is 7.69. The minimum absolute atomic E-state index is 0.312. The number of fused-ring (bicyclic) bond motifs is 4. The van der Waals surface area contributed by atoms with E-state index in [4.69, 9.17) is 14.5 Å². The van der Waals surface area contributed by atoms with Crippen LogP contribution in [0.3, 0.4) is 0 Å². The summed E-state index contributed by atoms with van der Waals surface area (Å²) in [6.45, 7) is 5.84. The van der Waals surface area contributed by atoms with E-state index in [2.05, 4.69) is 63.1 Å². The Morgan fingerprint density at radius 2 is 1.97 bits per heavy atom. The smallest absolute Gasteiger partial charge is 0.159 e. The van der Waals surface area contributed by atoms with E-state index in [1.807, 2.05) is 24.8 Å². The Morgan fingerprint density at radius 3 is 2.77 bits per heavy atom. The van der Waals surface area contributed by atoms with Gasteiger partial charge in [0.25, 0.3) is 0 Å². The topological polar surface area (TPSA) is 58.5 Å². The van der Waals surface area contributed by atoms with Gasteiger partial charge in [0, 0.05) is 45.1 Å². The molecule has 0 bridgehead atoms. The zero-order valence-electron chi connectivity index (χ0n) is 18.3. The molecular formula is C23H26N5O2Si. The third-order valence-corrected chi connectivity index (χ3v) is 6.94. The number of aromatic nitrogens is 5. The number of aryl methyl sites for hydroxylation is 1. The average Bonchev–Trinajstić information content (AvgIpc) is 3.46. The number of ether oxygens (including phenoxy) is 2. The standard InChI is InChI=1S/C23H26N5O2Si/c1-26-13-19(18-9-17(29-2)5-6-20(18)26)21-10-22-23(25-12-16-11-24-14-27(16)22)28(21)15-30-7-8-31(3)4/h5-6,9-14H,7-8,15H2,1-4H3. The number of hydrogen-bond donors (Lipinski definition) is 0. The summed E-state index contributed by atoms with van der Waals surface area (Å²) in [4.78, 5) is 9.06. The van der Waals surface area contributed by atoms with Gasteiger partial charge < -0.3 is 14.0 Å². The molecule has 0 saturated carbocycles. The van der Waals surface area contributed by atoms with Crippen molar-refractivity contribution in [1.29, 1.82) is 0 Å². The van der Waals surface area contributed by atoms with Gasteiger partial charge in [-0.1, -0.05) is 13.1 Å². The third kappa shape index (κ3) is 3.41. The lowest BCUT2D eigenvalue weighted by Gasteiger charge is -2.11. The van der Waals surface area contributed by atoms with Gasteiger partial charge in [-0.25, -0.2) is 9.97 Å². The van der Waals surface area contributed by atoms with Crippen LogP contribution < -0.4 is 4.74 Å². The van der Waals surface area contributed by atoms with E-state index in [-0.39, 0.29) is 8.80 Å². The highest BCUT2D eigenvalue weighted by molar-refractivity contribution is 6.55. The van der Waals surface area contributed by atoms with Crippen LogP contribution in [0.4, 0.5) is 0 Å². The quantitative estimate of drug-likeness (QED) is 0.279. The Kier molecular flexibility index (Phi) is 5.03. The lowest BCUT2D eigenvalue weighted by Crippen LogP contribution is -2.09. The van der Waals surface area contributed by atoms with Crippen molar-refractivity contribution in [3.8, 4) is 17.0 Å². The molecule has 0 amide bonds. The molecule has 0 fully saturated rings. The first-order valence-corrected chi connectivity index (χ1v) is 13.1.